The van der Waals surface area contributed by atoms with Gasteiger partial charge in [0.15, 0.2) is 0 Å². The molecule has 1 aromatic rings. The van der Waals surface area contributed by atoms with Crippen LogP contribution < -0.4 is 5.32 Å². The van der Waals surface area contributed by atoms with Gasteiger partial charge in [-0.05, 0) is 0 Å². The minimum absolute atomic E-state index is 0.00557. The van der Waals surface area contributed by atoms with E-state index >= 15 is 0 Å². The third-order valence-electron chi connectivity index (χ3n) is 1.35. The summed E-state index contributed by atoms with van der Waals surface area (Å²) < 4.78 is 0. The van der Waals surface area contributed by atoms with Crippen molar-refractivity contribution in [2.75, 3.05) is 5.32 Å². The minimum atomic E-state index is -0.114. The zero-order chi connectivity index (χ0) is 14.8. The fraction of sp³-hybridized carbons (Fsp3) is 0.769. The van der Waals surface area contributed by atoms with Crippen molar-refractivity contribution in [2.45, 2.75) is 67.2 Å². The monoisotopic (exact) mass is 273 g/mol. The first-order valence-corrected chi connectivity index (χ1v) is 7.24. The maximum atomic E-state index is 10.7. The number of hydrogen-bond donors (Lipinski definition) is 1. The van der Waals surface area contributed by atoms with Crippen molar-refractivity contribution < 1.29 is 4.79 Å². The van der Waals surface area contributed by atoms with Gasteiger partial charge in [0.25, 0.3) is 0 Å². The van der Waals surface area contributed by atoms with E-state index in [0.29, 0.717) is 5.13 Å². The summed E-state index contributed by atoms with van der Waals surface area (Å²) >= 11 is 1.41. The van der Waals surface area contributed by atoms with Crippen molar-refractivity contribution in [1.82, 2.24) is 10.2 Å². The highest BCUT2D eigenvalue weighted by Gasteiger charge is 2.19. The zero-order valence-corrected chi connectivity index (χ0v) is 13.7. The molecule has 18 heavy (non-hydrogen) atoms. The molecule has 0 fully saturated rings. The number of hydrogen-bond acceptors (Lipinski definition) is 4. The van der Waals surface area contributed by atoms with E-state index in [2.05, 4.69) is 50.1 Å². The summed E-state index contributed by atoms with van der Waals surface area (Å²) in [6, 6.07) is 0. The van der Waals surface area contributed by atoms with Gasteiger partial charge < -0.3 is 5.32 Å². The lowest BCUT2D eigenvalue weighted by Gasteiger charge is -2.12. The molecule has 1 heterocycles. The van der Waals surface area contributed by atoms with Crippen LogP contribution in [-0.2, 0) is 10.2 Å². The highest BCUT2D eigenvalue weighted by Crippen LogP contribution is 2.27. The second kappa shape index (κ2) is 10.00. The number of aromatic nitrogens is 2. The van der Waals surface area contributed by atoms with Gasteiger partial charge >= 0.3 is 0 Å². The SMILES string of the molecule is CC.CC(=O)Nc1nnc(C(C)(C)C)s1.CCC. The lowest BCUT2D eigenvalue weighted by atomic mass is 9.98. The van der Waals surface area contributed by atoms with E-state index in [9.17, 15) is 4.79 Å². The number of amides is 1. The van der Waals surface area contributed by atoms with Crippen molar-refractivity contribution in [2.24, 2.45) is 0 Å². The minimum Gasteiger partial charge on any atom is -0.301 e. The summed E-state index contributed by atoms with van der Waals surface area (Å²) in [6.07, 6.45) is 1.25. The molecule has 0 unspecified atom stereocenters. The number of nitrogens with zero attached hydrogens (tertiary/aromatic N) is 2. The van der Waals surface area contributed by atoms with Gasteiger partial charge in [0.05, 0.1) is 0 Å². The van der Waals surface area contributed by atoms with Gasteiger partial charge in [0.1, 0.15) is 5.01 Å². The van der Waals surface area contributed by atoms with Crippen LogP contribution >= 0.6 is 11.3 Å². The number of nitrogens with one attached hydrogen (secondary N) is 1. The quantitative estimate of drug-likeness (QED) is 0.832. The van der Waals surface area contributed by atoms with E-state index in [1.54, 1.807) is 0 Å². The predicted molar refractivity (Wildman–Crippen MR) is 80.2 cm³/mol. The van der Waals surface area contributed by atoms with Gasteiger partial charge in [0, 0.05) is 12.3 Å². The highest BCUT2D eigenvalue weighted by molar-refractivity contribution is 7.15. The molecule has 1 rings (SSSR count). The Bertz CT molecular complexity index is 329. The van der Waals surface area contributed by atoms with E-state index in [1.165, 1.54) is 24.7 Å². The molecule has 0 bridgehead atoms. The van der Waals surface area contributed by atoms with E-state index in [0.717, 1.165) is 5.01 Å². The normalized spacial score (nSPS) is 9.56. The summed E-state index contributed by atoms with van der Waals surface area (Å²) in [4.78, 5) is 10.7. The highest BCUT2D eigenvalue weighted by atomic mass is 32.1. The predicted octanol–water partition coefficient (Wildman–Crippen LogP) is 4.24. The second-order valence-corrected chi connectivity index (χ2v) is 5.53. The fourth-order valence-corrected chi connectivity index (χ4v) is 1.57. The molecule has 1 amide bonds. The Kier molecular flexibility index (Phi) is 10.8. The van der Waals surface area contributed by atoms with Crippen LogP contribution in [0.5, 0.6) is 0 Å². The first-order chi connectivity index (χ1) is 8.31. The van der Waals surface area contributed by atoms with Gasteiger partial charge in [0.2, 0.25) is 11.0 Å². The average Bonchev–Trinajstić information content (AvgIpc) is 2.69. The van der Waals surface area contributed by atoms with Crippen LogP contribution in [0, 0.1) is 0 Å². The maximum Gasteiger partial charge on any atom is 0.223 e. The van der Waals surface area contributed by atoms with Crippen LogP contribution in [0.3, 0.4) is 0 Å². The number of carbonyl (C=O) groups is 1. The lowest BCUT2D eigenvalue weighted by molar-refractivity contribution is -0.114. The van der Waals surface area contributed by atoms with E-state index < -0.39 is 0 Å². The Labute approximate surface area is 115 Å². The summed E-state index contributed by atoms with van der Waals surface area (Å²) in [7, 11) is 0. The third-order valence-corrected chi connectivity index (χ3v) is 2.61. The van der Waals surface area contributed by atoms with Gasteiger partial charge in [-0.25, -0.2) is 0 Å². The molecule has 1 N–H and O–H groups in total. The first-order valence-electron chi connectivity index (χ1n) is 6.42. The molecule has 0 saturated carbocycles. The van der Waals surface area contributed by atoms with Crippen molar-refractivity contribution >= 4 is 22.4 Å². The Morgan fingerprint density at radius 2 is 1.67 bits per heavy atom. The molecule has 0 saturated heterocycles. The number of rotatable bonds is 1. The maximum absolute atomic E-state index is 10.7. The van der Waals surface area contributed by atoms with Gasteiger partial charge in [-0.1, -0.05) is 66.2 Å². The van der Waals surface area contributed by atoms with E-state index in [4.69, 9.17) is 0 Å². The van der Waals surface area contributed by atoms with Gasteiger partial charge in [-0.2, -0.15) is 0 Å². The smallest absolute Gasteiger partial charge is 0.223 e. The molecule has 0 aliphatic heterocycles. The Balaban J connectivity index is 0. The fourth-order valence-electron chi connectivity index (χ4n) is 0.727. The molecule has 0 atom stereocenters. The second-order valence-electron chi connectivity index (χ2n) is 4.55. The zero-order valence-electron chi connectivity index (χ0n) is 12.9. The lowest BCUT2D eigenvalue weighted by Crippen LogP contribution is -2.10. The average molecular weight is 273 g/mol. The Morgan fingerprint density at radius 1 is 1.22 bits per heavy atom. The largest absolute Gasteiger partial charge is 0.301 e. The van der Waals surface area contributed by atoms with Gasteiger partial charge in [-0.15, -0.1) is 10.2 Å². The Hall–Kier alpha value is -0.970. The molecule has 0 aliphatic rings. The summed E-state index contributed by atoms with van der Waals surface area (Å²) in [5.74, 6) is -0.114. The molecule has 0 aliphatic carbocycles. The van der Waals surface area contributed by atoms with Crippen LogP contribution in [0.2, 0.25) is 0 Å². The van der Waals surface area contributed by atoms with Crippen LogP contribution in [0.1, 0.15) is 66.8 Å². The van der Waals surface area contributed by atoms with Crippen molar-refractivity contribution in [3.05, 3.63) is 5.01 Å². The van der Waals surface area contributed by atoms with Gasteiger partial charge in [-0.3, -0.25) is 4.79 Å². The van der Waals surface area contributed by atoms with Crippen molar-refractivity contribution in [1.29, 1.82) is 0 Å². The molecule has 106 valence electrons. The third kappa shape index (κ3) is 9.10. The molecular weight excluding hydrogens is 246 g/mol. The van der Waals surface area contributed by atoms with E-state index in [1.807, 2.05) is 13.8 Å². The molecule has 0 aromatic carbocycles. The molecule has 1 aromatic heterocycles. The molecule has 0 radical (unpaired) electrons. The standard InChI is InChI=1S/C8H13N3OS.C3H8.C2H6/c1-5(12)9-7-11-10-6(13-7)8(2,3)4;1-3-2;1-2/h1-4H3,(H,9,11,12);3H2,1-2H3;1-2H3. The van der Waals surface area contributed by atoms with Crippen LogP contribution in [-0.4, -0.2) is 16.1 Å². The van der Waals surface area contributed by atoms with E-state index in [-0.39, 0.29) is 11.3 Å². The molecular formula is C13H27N3OS. The van der Waals surface area contributed by atoms with Crippen LogP contribution in [0.4, 0.5) is 5.13 Å². The number of anilines is 1. The number of carbonyl (C=O) groups excluding carboxylic acids is 1. The summed E-state index contributed by atoms with van der Waals surface area (Å²) in [5, 5.41) is 12.0. The first kappa shape index (κ1) is 19.4. The molecule has 5 heteroatoms. The Morgan fingerprint density at radius 3 is 1.94 bits per heavy atom. The van der Waals surface area contributed by atoms with Crippen LogP contribution in [0.25, 0.3) is 0 Å². The van der Waals surface area contributed by atoms with Crippen molar-refractivity contribution in [3.63, 3.8) is 0 Å². The summed E-state index contributed by atoms with van der Waals surface area (Å²) in [6.45, 7) is 15.9. The molecule has 4 nitrogen and oxygen atoms in total. The molecule has 0 spiro atoms. The van der Waals surface area contributed by atoms with Crippen LogP contribution in [0.15, 0.2) is 0 Å². The van der Waals surface area contributed by atoms with Crippen molar-refractivity contribution in [3.8, 4) is 0 Å². The summed E-state index contributed by atoms with van der Waals surface area (Å²) in [5.41, 5.74) is -0.00557. The topological polar surface area (TPSA) is 54.9 Å².